The summed E-state index contributed by atoms with van der Waals surface area (Å²) in [5.41, 5.74) is 2.94. The summed E-state index contributed by atoms with van der Waals surface area (Å²) < 4.78 is 16.8. The lowest BCUT2D eigenvalue weighted by atomic mass is 10.0. The van der Waals surface area contributed by atoms with Crippen LogP contribution < -0.4 is 19.8 Å². The number of carbonyl (C=O) groups is 1. The minimum Gasteiger partial charge on any atom is -0.870 e. The second-order valence-corrected chi connectivity index (χ2v) is 10.4. The van der Waals surface area contributed by atoms with Crippen molar-refractivity contribution in [2.45, 2.75) is 26.0 Å². The molecule has 4 rings (SSSR count). The van der Waals surface area contributed by atoms with Gasteiger partial charge in [-0.3, -0.25) is 0 Å². The summed E-state index contributed by atoms with van der Waals surface area (Å²) in [4.78, 5) is 17.5. The second-order valence-electron chi connectivity index (χ2n) is 8.41. The molecule has 4 N–H and O–H groups in total. The molecule has 0 aliphatic heterocycles. The Bertz CT molecular complexity index is 1430. The Labute approximate surface area is 240 Å². The van der Waals surface area contributed by atoms with Crippen molar-refractivity contribution in [3.63, 3.8) is 0 Å². The summed E-state index contributed by atoms with van der Waals surface area (Å²) in [5.74, 6) is 0.827. The SMILES string of the molecule is COc1ccc([C@H](Cc2c(Cl)c[nH+]cc2Cl)OC(=O)c2ccc(CNc3cccc(O)c3C)s2)cc1OC.[OH-]. The normalized spacial score (nSPS) is 11.3. The van der Waals surface area contributed by atoms with Crippen LogP contribution in [-0.2, 0) is 17.7 Å². The Morgan fingerprint density at radius 3 is 2.46 bits per heavy atom. The molecule has 0 unspecified atom stereocenters. The summed E-state index contributed by atoms with van der Waals surface area (Å²) >= 11 is 14.2. The Morgan fingerprint density at radius 2 is 1.77 bits per heavy atom. The molecule has 1 atom stereocenters. The fraction of sp³-hybridized carbons (Fsp3) is 0.214. The van der Waals surface area contributed by atoms with Gasteiger partial charge in [0.2, 0.25) is 0 Å². The van der Waals surface area contributed by atoms with Gasteiger partial charge in [0.15, 0.2) is 23.9 Å². The number of carbonyl (C=O) groups excluding carboxylic acids is 1. The maximum absolute atomic E-state index is 13.3. The molecular weight excluding hydrogens is 563 g/mol. The highest BCUT2D eigenvalue weighted by molar-refractivity contribution is 7.13. The summed E-state index contributed by atoms with van der Waals surface area (Å²) in [6.07, 6.45) is 2.81. The summed E-state index contributed by atoms with van der Waals surface area (Å²) in [6.45, 7) is 2.33. The van der Waals surface area contributed by atoms with Gasteiger partial charge in [-0.05, 0) is 48.9 Å². The minimum absolute atomic E-state index is 0. The number of methoxy groups -OCH3 is 2. The third kappa shape index (κ3) is 7.13. The number of H-pyrrole nitrogens is 1. The number of benzene rings is 2. The first kappa shape index (κ1) is 30.0. The number of rotatable bonds is 10. The second kappa shape index (κ2) is 13.5. The van der Waals surface area contributed by atoms with E-state index in [2.05, 4.69) is 10.3 Å². The molecule has 0 aliphatic rings. The standard InChI is InChI=1S/C28H26Cl2N2O5S.H2O/c1-16-22(5-4-6-23(16)33)32-13-18-8-10-27(38-18)28(34)37-25(12-19-20(29)14-31-15-21(19)30)17-7-9-24(35-2)26(11-17)36-3;/h4-11,14-15,25,32-33H,12-13H2,1-3H3;1H2/t25-;/m0./s1. The number of thiophene rings is 1. The number of nitrogens with one attached hydrogen (secondary N) is 2. The van der Waals surface area contributed by atoms with Gasteiger partial charge in [0.1, 0.15) is 26.8 Å². The first-order chi connectivity index (χ1) is 18.3. The van der Waals surface area contributed by atoms with E-state index in [1.165, 1.54) is 11.3 Å². The highest BCUT2D eigenvalue weighted by Crippen LogP contribution is 2.36. The van der Waals surface area contributed by atoms with E-state index >= 15 is 0 Å². The zero-order valence-corrected chi connectivity index (χ0v) is 23.8. The predicted molar refractivity (Wildman–Crippen MR) is 151 cm³/mol. The smallest absolute Gasteiger partial charge is 0.348 e. The molecule has 2 aromatic heterocycles. The van der Waals surface area contributed by atoms with Gasteiger partial charge in [-0.2, -0.15) is 0 Å². The van der Waals surface area contributed by atoms with E-state index in [1.807, 2.05) is 25.1 Å². The summed E-state index contributed by atoms with van der Waals surface area (Å²) in [6, 6.07) is 14.3. The van der Waals surface area contributed by atoms with Gasteiger partial charge in [-0.15, -0.1) is 11.3 Å². The van der Waals surface area contributed by atoms with Crippen LogP contribution in [-0.4, -0.2) is 30.8 Å². The van der Waals surface area contributed by atoms with Crippen LogP contribution >= 0.6 is 34.5 Å². The van der Waals surface area contributed by atoms with E-state index in [9.17, 15) is 9.90 Å². The number of phenols is 1. The Hall–Kier alpha value is -3.50. The molecule has 4 aromatic rings. The van der Waals surface area contributed by atoms with Gasteiger partial charge in [-0.1, -0.05) is 35.3 Å². The van der Waals surface area contributed by atoms with Crippen molar-refractivity contribution < 1.29 is 34.6 Å². The number of ether oxygens (including phenoxy) is 3. The van der Waals surface area contributed by atoms with Gasteiger partial charge in [0.25, 0.3) is 0 Å². The van der Waals surface area contributed by atoms with E-state index in [1.54, 1.807) is 56.9 Å². The zero-order valence-electron chi connectivity index (χ0n) is 21.5. The summed E-state index contributed by atoms with van der Waals surface area (Å²) in [5, 5.41) is 14.1. The van der Waals surface area contributed by atoms with Crippen LogP contribution in [0.25, 0.3) is 0 Å². The number of anilines is 1. The molecular formula is C28H28Cl2N2O6S. The summed E-state index contributed by atoms with van der Waals surface area (Å²) in [7, 11) is 3.10. The van der Waals surface area contributed by atoms with Crippen molar-refractivity contribution in [3.05, 3.63) is 97.4 Å². The number of aromatic nitrogens is 1. The predicted octanol–water partition coefficient (Wildman–Crippen LogP) is 6.48. The number of aromatic amines is 1. The van der Waals surface area contributed by atoms with Crippen LogP contribution in [0.15, 0.2) is 60.9 Å². The van der Waals surface area contributed by atoms with Crippen molar-refractivity contribution in [2.75, 3.05) is 19.5 Å². The zero-order chi connectivity index (χ0) is 27.2. The van der Waals surface area contributed by atoms with Crippen molar-refractivity contribution in [2.24, 2.45) is 0 Å². The third-order valence-corrected chi connectivity index (χ3v) is 7.78. The molecule has 206 valence electrons. The highest BCUT2D eigenvalue weighted by Gasteiger charge is 2.24. The van der Waals surface area contributed by atoms with E-state index < -0.39 is 12.1 Å². The number of esters is 1. The first-order valence-electron chi connectivity index (χ1n) is 11.7. The van der Waals surface area contributed by atoms with Gasteiger partial charge in [-0.25, -0.2) is 9.78 Å². The molecule has 0 bridgehead atoms. The van der Waals surface area contributed by atoms with Crippen LogP contribution in [0.3, 0.4) is 0 Å². The molecule has 0 amide bonds. The molecule has 0 spiro atoms. The van der Waals surface area contributed by atoms with E-state index in [0.29, 0.717) is 44.1 Å². The van der Waals surface area contributed by atoms with Crippen LogP contribution in [0.2, 0.25) is 10.0 Å². The molecule has 0 aliphatic carbocycles. The number of aromatic hydroxyl groups is 1. The van der Waals surface area contributed by atoms with Crippen LogP contribution in [0.5, 0.6) is 17.2 Å². The molecule has 8 nitrogen and oxygen atoms in total. The quantitative estimate of drug-likeness (QED) is 0.203. The largest absolute Gasteiger partial charge is 0.870 e. The van der Waals surface area contributed by atoms with Crippen molar-refractivity contribution >= 4 is 46.2 Å². The molecule has 39 heavy (non-hydrogen) atoms. The molecule has 0 radical (unpaired) electrons. The molecule has 2 aromatic carbocycles. The number of hydrogen-bond donors (Lipinski definition) is 2. The Morgan fingerprint density at radius 1 is 1.05 bits per heavy atom. The Kier molecular flexibility index (Phi) is 10.4. The van der Waals surface area contributed by atoms with Gasteiger partial charge >= 0.3 is 5.97 Å². The number of halogens is 2. The lowest BCUT2D eigenvalue weighted by molar-refractivity contribution is -0.377. The molecule has 0 saturated carbocycles. The first-order valence-corrected chi connectivity index (χ1v) is 13.3. The average Bonchev–Trinajstić information content (AvgIpc) is 3.40. The fourth-order valence-corrected chi connectivity index (χ4v) is 5.27. The van der Waals surface area contributed by atoms with Crippen molar-refractivity contribution in [1.29, 1.82) is 0 Å². The van der Waals surface area contributed by atoms with Crippen LogP contribution in [0.1, 0.15) is 37.3 Å². The lowest BCUT2D eigenvalue weighted by Gasteiger charge is -2.20. The highest BCUT2D eigenvalue weighted by atomic mass is 35.5. The van der Waals surface area contributed by atoms with Gasteiger partial charge < -0.3 is 30.1 Å². The molecule has 11 heteroatoms. The maximum atomic E-state index is 13.3. The van der Waals surface area contributed by atoms with Crippen LogP contribution in [0, 0.1) is 6.92 Å². The molecule has 0 saturated heterocycles. The third-order valence-electron chi connectivity index (χ3n) is 6.04. The fourth-order valence-electron chi connectivity index (χ4n) is 3.90. The number of hydrogen-bond acceptors (Lipinski definition) is 8. The van der Waals surface area contributed by atoms with Gasteiger partial charge in [0.05, 0.1) is 14.2 Å². The van der Waals surface area contributed by atoms with Crippen LogP contribution in [0.4, 0.5) is 5.69 Å². The van der Waals surface area contributed by atoms with Gasteiger partial charge in [0, 0.05) is 34.7 Å². The number of phenolic OH excluding ortho intramolecular Hbond substituents is 1. The topological polar surface area (TPSA) is 121 Å². The van der Waals surface area contributed by atoms with E-state index in [0.717, 1.165) is 16.1 Å². The molecule has 0 fully saturated rings. The average molecular weight is 592 g/mol. The Balaban J connectivity index is 0.00000420. The molecule has 2 heterocycles. The lowest BCUT2D eigenvalue weighted by Crippen LogP contribution is -2.15. The number of pyridine rings is 1. The van der Waals surface area contributed by atoms with Crippen molar-refractivity contribution in [3.8, 4) is 17.2 Å². The maximum Gasteiger partial charge on any atom is 0.348 e. The van der Waals surface area contributed by atoms with E-state index in [-0.39, 0.29) is 17.6 Å². The van der Waals surface area contributed by atoms with Crippen molar-refractivity contribution in [1.82, 2.24) is 0 Å². The minimum atomic E-state index is -0.696. The monoisotopic (exact) mass is 590 g/mol. The van der Waals surface area contributed by atoms with E-state index in [4.69, 9.17) is 37.4 Å².